The van der Waals surface area contributed by atoms with Gasteiger partial charge in [-0.3, -0.25) is 10.1 Å². The lowest BCUT2D eigenvalue weighted by Crippen LogP contribution is -2.20. The van der Waals surface area contributed by atoms with Crippen LogP contribution >= 0.6 is 0 Å². The second-order valence-electron chi connectivity index (χ2n) is 4.99. The van der Waals surface area contributed by atoms with Gasteiger partial charge in [0.2, 0.25) is 0 Å². The molecule has 0 bridgehead atoms. The van der Waals surface area contributed by atoms with Crippen LogP contribution in [0, 0.1) is 10.1 Å². The summed E-state index contributed by atoms with van der Waals surface area (Å²) >= 11 is 0. The summed E-state index contributed by atoms with van der Waals surface area (Å²) in [5, 5.41) is 14.1. The summed E-state index contributed by atoms with van der Waals surface area (Å²) in [5.74, 6) is 0. The van der Waals surface area contributed by atoms with Crippen molar-refractivity contribution in [2.24, 2.45) is 0 Å². The molecule has 1 aromatic rings. The van der Waals surface area contributed by atoms with Crippen LogP contribution in [-0.4, -0.2) is 11.0 Å². The Morgan fingerprint density at radius 2 is 1.56 bits per heavy atom. The molecule has 4 nitrogen and oxygen atoms in total. The van der Waals surface area contributed by atoms with E-state index >= 15 is 0 Å². The molecule has 1 saturated carbocycles. The smallest absolute Gasteiger partial charge is 0.269 e. The highest BCUT2D eigenvalue weighted by atomic mass is 16.6. The predicted octanol–water partition coefficient (Wildman–Crippen LogP) is 4.12. The SMILES string of the molecule is O=[N+]([O-])c1ccc(NC2CCCCCCC2)cc1. The Balaban J connectivity index is 1.92. The molecule has 98 valence electrons. The van der Waals surface area contributed by atoms with E-state index in [1.54, 1.807) is 24.3 Å². The molecule has 0 aliphatic heterocycles. The van der Waals surface area contributed by atoms with Gasteiger partial charge in [-0.05, 0) is 25.0 Å². The second-order valence-corrected chi connectivity index (χ2v) is 4.99. The molecule has 0 aromatic heterocycles. The number of nitro groups is 1. The number of rotatable bonds is 3. The van der Waals surface area contributed by atoms with Gasteiger partial charge in [-0.2, -0.15) is 0 Å². The average Bonchev–Trinajstić information content (AvgIpc) is 2.33. The van der Waals surface area contributed by atoms with Crippen molar-refractivity contribution in [2.45, 2.75) is 51.0 Å². The van der Waals surface area contributed by atoms with Crippen LogP contribution in [0.3, 0.4) is 0 Å². The van der Waals surface area contributed by atoms with Gasteiger partial charge in [0.15, 0.2) is 0 Å². The Hall–Kier alpha value is -1.58. The van der Waals surface area contributed by atoms with Crippen LogP contribution in [0.15, 0.2) is 24.3 Å². The molecule has 1 N–H and O–H groups in total. The molecule has 0 saturated heterocycles. The number of non-ortho nitro benzene ring substituents is 1. The largest absolute Gasteiger partial charge is 0.382 e. The molecule has 1 aliphatic carbocycles. The van der Waals surface area contributed by atoms with Crippen molar-refractivity contribution >= 4 is 11.4 Å². The zero-order valence-corrected chi connectivity index (χ0v) is 10.6. The predicted molar refractivity (Wildman–Crippen MR) is 72.8 cm³/mol. The number of anilines is 1. The van der Waals surface area contributed by atoms with E-state index in [1.165, 1.54) is 44.9 Å². The van der Waals surface area contributed by atoms with Crippen molar-refractivity contribution in [2.75, 3.05) is 5.32 Å². The molecular weight excluding hydrogens is 228 g/mol. The minimum absolute atomic E-state index is 0.151. The van der Waals surface area contributed by atoms with E-state index < -0.39 is 0 Å². The summed E-state index contributed by atoms with van der Waals surface area (Å²) in [4.78, 5) is 10.2. The number of nitrogens with one attached hydrogen (secondary N) is 1. The van der Waals surface area contributed by atoms with Crippen LogP contribution in [0.4, 0.5) is 11.4 Å². The highest BCUT2D eigenvalue weighted by Crippen LogP contribution is 2.22. The quantitative estimate of drug-likeness (QED) is 0.646. The number of nitro benzene ring substituents is 1. The third-order valence-corrected chi connectivity index (χ3v) is 3.55. The molecular formula is C14H20N2O2. The van der Waals surface area contributed by atoms with Crippen molar-refractivity contribution in [3.63, 3.8) is 0 Å². The average molecular weight is 248 g/mol. The third-order valence-electron chi connectivity index (χ3n) is 3.55. The van der Waals surface area contributed by atoms with E-state index in [9.17, 15) is 10.1 Å². The molecule has 0 spiro atoms. The van der Waals surface area contributed by atoms with Crippen molar-refractivity contribution < 1.29 is 4.92 Å². The molecule has 4 heteroatoms. The van der Waals surface area contributed by atoms with Gasteiger partial charge >= 0.3 is 0 Å². The maximum Gasteiger partial charge on any atom is 0.269 e. The van der Waals surface area contributed by atoms with Crippen LogP contribution < -0.4 is 5.32 Å². The lowest BCUT2D eigenvalue weighted by atomic mass is 9.96. The van der Waals surface area contributed by atoms with Crippen molar-refractivity contribution in [3.8, 4) is 0 Å². The van der Waals surface area contributed by atoms with E-state index in [2.05, 4.69) is 5.32 Å². The van der Waals surface area contributed by atoms with E-state index in [1.807, 2.05) is 0 Å². The minimum atomic E-state index is -0.362. The first-order chi connectivity index (χ1) is 8.75. The fraction of sp³-hybridized carbons (Fsp3) is 0.571. The highest BCUT2D eigenvalue weighted by molar-refractivity contribution is 5.49. The van der Waals surface area contributed by atoms with Gasteiger partial charge in [-0.25, -0.2) is 0 Å². The molecule has 1 aromatic carbocycles. The molecule has 0 heterocycles. The number of nitrogens with zero attached hydrogens (tertiary/aromatic N) is 1. The zero-order valence-electron chi connectivity index (χ0n) is 10.6. The van der Waals surface area contributed by atoms with Crippen molar-refractivity contribution in [1.29, 1.82) is 0 Å². The fourth-order valence-corrected chi connectivity index (χ4v) is 2.52. The van der Waals surface area contributed by atoms with Crippen molar-refractivity contribution in [3.05, 3.63) is 34.4 Å². The summed E-state index contributed by atoms with van der Waals surface area (Å²) in [5.41, 5.74) is 1.14. The molecule has 18 heavy (non-hydrogen) atoms. The van der Waals surface area contributed by atoms with Crippen molar-refractivity contribution in [1.82, 2.24) is 0 Å². The number of hydrogen-bond acceptors (Lipinski definition) is 3. The van der Waals surface area contributed by atoms with E-state index in [4.69, 9.17) is 0 Å². The lowest BCUT2D eigenvalue weighted by Gasteiger charge is -2.22. The second kappa shape index (κ2) is 6.38. The Labute approximate surface area is 108 Å². The Morgan fingerprint density at radius 3 is 2.11 bits per heavy atom. The summed E-state index contributed by atoms with van der Waals surface area (Å²) in [6.45, 7) is 0. The van der Waals surface area contributed by atoms with Gasteiger partial charge in [0.25, 0.3) is 5.69 Å². The van der Waals surface area contributed by atoms with Crippen LogP contribution in [0.25, 0.3) is 0 Å². The van der Waals surface area contributed by atoms with Gasteiger partial charge in [0.1, 0.15) is 0 Å². The zero-order chi connectivity index (χ0) is 12.8. The lowest BCUT2D eigenvalue weighted by molar-refractivity contribution is -0.384. The van der Waals surface area contributed by atoms with Gasteiger partial charge in [0.05, 0.1) is 4.92 Å². The van der Waals surface area contributed by atoms with E-state index in [0.717, 1.165) is 5.69 Å². The summed E-state index contributed by atoms with van der Waals surface area (Å²) in [6.07, 6.45) is 9.00. The van der Waals surface area contributed by atoms with Crippen LogP contribution in [0.1, 0.15) is 44.9 Å². The maximum absolute atomic E-state index is 10.6. The maximum atomic E-state index is 10.6. The standard InChI is InChI=1S/C14H20N2O2/c17-16(18)14-10-8-13(9-11-14)15-12-6-4-2-1-3-5-7-12/h8-12,15H,1-7H2. The van der Waals surface area contributed by atoms with Crippen LogP contribution in [0.2, 0.25) is 0 Å². The minimum Gasteiger partial charge on any atom is -0.382 e. The van der Waals surface area contributed by atoms with E-state index in [-0.39, 0.29) is 10.6 Å². The van der Waals surface area contributed by atoms with Gasteiger partial charge in [-0.1, -0.05) is 32.1 Å². The number of hydrogen-bond donors (Lipinski definition) is 1. The van der Waals surface area contributed by atoms with Crippen LogP contribution in [0.5, 0.6) is 0 Å². The normalized spacial score (nSPS) is 17.8. The molecule has 0 atom stereocenters. The Bertz CT molecular complexity index is 381. The first-order valence-electron chi connectivity index (χ1n) is 6.77. The first-order valence-corrected chi connectivity index (χ1v) is 6.77. The highest BCUT2D eigenvalue weighted by Gasteiger charge is 2.11. The molecule has 2 rings (SSSR count). The topological polar surface area (TPSA) is 55.2 Å². The molecule has 1 aliphatic rings. The summed E-state index contributed by atoms with van der Waals surface area (Å²) in [7, 11) is 0. The molecule has 0 radical (unpaired) electrons. The van der Waals surface area contributed by atoms with Gasteiger partial charge in [-0.15, -0.1) is 0 Å². The third kappa shape index (κ3) is 3.72. The molecule has 0 unspecified atom stereocenters. The van der Waals surface area contributed by atoms with E-state index in [0.29, 0.717) is 6.04 Å². The summed E-state index contributed by atoms with van der Waals surface area (Å²) < 4.78 is 0. The van der Waals surface area contributed by atoms with Gasteiger partial charge in [0, 0.05) is 23.9 Å². The molecule has 0 amide bonds. The Morgan fingerprint density at radius 1 is 1.00 bits per heavy atom. The number of benzene rings is 1. The monoisotopic (exact) mass is 248 g/mol. The first kappa shape index (κ1) is 12.9. The van der Waals surface area contributed by atoms with Gasteiger partial charge < -0.3 is 5.32 Å². The Kier molecular flexibility index (Phi) is 4.56. The fourth-order valence-electron chi connectivity index (χ4n) is 2.52. The summed E-state index contributed by atoms with van der Waals surface area (Å²) in [6, 6.07) is 7.25. The molecule has 1 fully saturated rings. The van der Waals surface area contributed by atoms with Crippen LogP contribution in [-0.2, 0) is 0 Å².